The number of aliphatic hydroxyl groups is 1. The summed E-state index contributed by atoms with van der Waals surface area (Å²) in [7, 11) is 2.83. The predicted octanol–water partition coefficient (Wildman–Crippen LogP) is 1.32. The van der Waals surface area contributed by atoms with Crippen molar-refractivity contribution < 1.29 is 14.6 Å². The van der Waals surface area contributed by atoms with Gasteiger partial charge in [0, 0.05) is 10.0 Å². The molecule has 20 heavy (non-hydrogen) atoms. The van der Waals surface area contributed by atoms with Crippen molar-refractivity contribution in [3.05, 3.63) is 34.1 Å². The summed E-state index contributed by atoms with van der Waals surface area (Å²) >= 11 is 3.30. The van der Waals surface area contributed by atoms with Gasteiger partial charge < -0.3 is 20.3 Å². The van der Waals surface area contributed by atoms with E-state index in [-0.39, 0.29) is 17.8 Å². The van der Waals surface area contributed by atoms with Crippen LogP contribution in [0.2, 0.25) is 0 Å². The first-order valence-corrected chi connectivity index (χ1v) is 6.42. The van der Waals surface area contributed by atoms with E-state index in [1.54, 1.807) is 18.2 Å². The minimum Gasteiger partial charge on any atom is -0.467 e. The number of halogens is 1. The van der Waals surface area contributed by atoms with Crippen LogP contribution in [0, 0.1) is 0 Å². The third-order valence-corrected chi connectivity index (χ3v) is 3.29. The number of anilines is 1. The van der Waals surface area contributed by atoms with E-state index < -0.39 is 6.10 Å². The number of aromatic nitrogens is 3. The lowest BCUT2D eigenvalue weighted by molar-refractivity contribution is 0.204. The van der Waals surface area contributed by atoms with E-state index in [2.05, 4.69) is 30.9 Å². The zero-order valence-electron chi connectivity index (χ0n) is 10.9. The highest BCUT2D eigenvalue weighted by molar-refractivity contribution is 9.10. The SMILES string of the molecule is COc1nc(OC)nc(C(O)c2cccc(Br)c2N)n1. The summed E-state index contributed by atoms with van der Waals surface area (Å²) < 4.78 is 10.6. The first kappa shape index (κ1) is 14.5. The zero-order valence-corrected chi connectivity index (χ0v) is 12.5. The van der Waals surface area contributed by atoms with E-state index in [0.717, 1.165) is 0 Å². The topological polar surface area (TPSA) is 103 Å². The van der Waals surface area contributed by atoms with Crippen molar-refractivity contribution >= 4 is 21.6 Å². The predicted molar refractivity (Wildman–Crippen MR) is 75.5 cm³/mol. The molecule has 3 N–H and O–H groups in total. The molecule has 1 atom stereocenters. The lowest BCUT2D eigenvalue weighted by atomic mass is 10.1. The molecule has 0 radical (unpaired) electrons. The molecule has 1 unspecified atom stereocenters. The van der Waals surface area contributed by atoms with Gasteiger partial charge in [0.2, 0.25) is 0 Å². The van der Waals surface area contributed by atoms with Gasteiger partial charge in [0.25, 0.3) is 0 Å². The second-order valence-corrected chi connectivity index (χ2v) is 4.67. The summed E-state index contributed by atoms with van der Waals surface area (Å²) in [6.45, 7) is 0. The zero-order chi connectivity index (χ0) is 14.7. The molecule has 0 bridgehead atoms. The summed E-state index contributed by atoms with van der Waals surface area (Å²) in [6.07, 6.45) is -1.11. The number of benzene rings is 1. The molecule has 8 heteroatoms. The second-order valence-electron chi connectivity index (χ2n) is 3.81. The number of para-hydroxylation sites is 1. The highest BCUT2D eigenvalue weighted by Crippen LogP contribution is 2.30. The van der Waals surface area contributed by atoms with Crippen LogP contribution in [0.15, 0.2) is 22.7 Å². The second kappa shape index (κ2) is 6.02. The fourth-order valence-corrected chi connectivity index (χ4v) is 1.97. The highest BCUT2D eigenvalue weighted by Gasteiger charge is 2.20. The molecule has 0 saturated heterocycles. The van der Waals surface area contributed by atoms with Crippen LogP contribution in [0.5, 0.6) is 12.0 Å². The number of rotatable bonds is 4. The van der Waals surface area contributed by atoms with Crippen molar-refractivity contribution in [2.24, 2.45) is 0 Å². The van der Waals surface area contributed by atoms with Gasteiger partial charge in [0.1, 0.15) is 6.10 Å². The first-order valence-electron chi connectivity index (χ1n) is 5.62. The summed E-state index contributed by atoms with van der Waals surface area (Å²) in [4.78, 5) is 11.9. The highest BCUT2D eigenvalue weighted by atomic mass is 79.9. The third kappa shape index (κ3) is 2.81. The maximum atomic E-state index is 10.4. The first-order chi connectivity index (χ1) is 9.56. The smallest absolute Gasteiger partial charge is 0.322 e. The van der Waals surface area contributed by atoms with E-state index in [4.69, 9.17) is 15.2 Å². The molecule has 1 aromatic carbocycles. The molecule has 0 saturated carbocycles. The summed E-state index contributed by atoms with van der Waals surface area (Å²) in [6, 6.07) is 5.33. The quantitative estimate of drug-likeness (QED) is 0.808. The Morgan fingerprint density at radius 1 is 1.15 bits per heavy atom. The van der Waals surface area contributed by atoms with Gasteiger partial charge in [-0.25, -0.2) is 0 Å². The molecular formula is C12H13BrN4O3. The van der Waals surface area contributed by atoms with Crippen LogP contribution in [-0.2, 0) is 0 Å². The van der Waals surface area contributed by atoms with Crippen molar-refractivity contribution in [1.82, 2.24) is 15.0 Å². The Kier molecular flexibility index (Phi) is 4.35. The Morgan fingerprint density at radius 2 is 1.75 bits per heavy atom. The Morgan fingerprint density at radius 3 is 2.30 bits per heavy atom. The molecule has 106 valence electrons. The number of hydrogen-bond donors (Lipinski definition) is 2. The number of nitrogens with two attached hydrogens (primary N) is 1. The van der Waals surface area contributed by atoms with E-state index in [9.17, 15) is 5.11 Å². The van der Waals surface area contributed by atoms with Gasteiger partial charge in [0.05, 0.1) is 19.9 Å². The average Bonchev–Trinajstić information content (AvgIpc) is 2.48. The van der Waals surface area contributed by atoms with Gasteiger partial charge in [-0.1, -0.05) is 12.1 Å². The maximum Gasteiger partial charge on any atom is 0.322 e. The lowest BCUT2D eigenvalue weighted by Crippen LogP contribution is -2.11. The minimum atomic E-state index is -1.11. The van der Waals surface area contributed by atoms with Gasteiger partial charge in [-0.3, -0.25) is 0 Å². The van der Waals surface area contributed by atoms with Crippen LogP contribution in [0.4, 0.5) is 5.69 Å². The fraction of sp³-hybridized carbons (Fsp3) is 0.250. The molecule has 0 aliphatic carbocycles. The van der Waals surface area contributed by atoms with Crippen LogP contribution in [0.3, 0.4) is 0 Å². The number of nitrogen functional groups attached to an aromatic ring is 1. The monoisotopic (exact) mass is 340 g/mol. The Bertz CT molecular complexity index is 601. The van der Waals surface area contributed by atoms with E-state index in [1.807, 2.05) is 0 Å². The number of methoxy groups -OCH3 is 2. The molecule has 7 nitrogen and oxygen atoms in total. The maximum absolute atomic E-state index is 10.4. The van der Waals surface area contributed by atoms with Crippen molar-refractivity contribution in [2.75, 3.05) is 20.0 Å². The van der Waals surface area contributed by atoms with Crippen LogP contribution >= 0.6 is 15.9 Å². The minimum absolute atomic E-state index is 0.0551. The number of aliphatic hydroxyl groups excluding tert-OH is 1. The van der Waals surface area contributed by atoms with Crippen LogP contribution in [0.1, 0.15) is 17.5 Å². The Balaban J connectivity index is 2.47. The largest absolute Gasteiger partial charge is 0.467 e. The van der Waals surface area contributed by atoms with Gasteiger partial charge in [-0.2, -0.15) is 9.97 Å². The van der Waals surface area contributed by atoms with Gasteiger partial charge >= 0.3 is 12.0 Å². The molecule has 2 aromatic rings. The fourth-order valence-electron chi connectivity index (χ4n) is 1.59. The average molecular weight is 341 g/mol. The number of hydrogen-bond acceptors (Lipinski definition) is 7. The van der Waals surface area contributed by atoms with E-state index >= 15 is 0 Å². The van der Waals surface area contributed by atoms with E-state index in [0.29, 0.717) is 15.7 Å². The summed E-state index contributed by atoms with van der Waals surface area (Å²) in [5, 5.41) is 10.4. The molecular weight excluding hydrogens is 328 g/mol. The molecule has 0 amide bonds. The van der Waals surface area contributed by atoms with Crippen LogP contribution < -0.4 is 15.2 Å². The molecule has 2 rings (SSSR count). The molecule has 0 aliphatic heterocycles. The van der Waals surface area contributed by atoms with Crippen molar-refractivity contribution in [2.45, 2.75) is 6.10 Å². The lowest BCUT2D eigenvalue weighted by Gasteiger charge is -2.14. The Hall–Kier alpha value is -1.93. The number of nitrogens with zero attached hydrogens (tertiary/aromatic N) is 3. The molecule has 0 spiro atoms. The van der Waals surface area contributed by atoms with Crippen LogP contribution in [0.25, 0.3) is 0 Å². The molecule has 0 aliphatic rings. The van der Waals surface area contributed by atoms with Crippen LogP contribution in [-0.4, -0.2) is 34.3 Å². The molecule has 1 heterocycles. The van der Waals surface area contributed by atoms with E-state index in [1.165, 1.54) is 14.2 Å². The summed E-state index contributed by atoms with van der Waals surface area (Å²) in [5.41, 5.74) is 6.82. The third-order valence-electron chi connectivity index (χ3n) is 2.60. The standard InChI is InChI=1S/C12H13BrN4O3/c1-19-11-15-10(16-12(17-11)20-2)9(18)6-4-3-5-7(13)8(6)14/h3-5,9,18H,14H2,1-2H3. The molecule has 1 aromatic heterocycles. The van der Waals surface area contributed by atoms with Gasteiger partial charge in [0.15, 0.2) is 5.82 Å². The summed E-state index contributed by atoms with van der Waals surface area (Å²) in [5.74, 6) is 0.0958. The van der Waals surface area contributed by atoms with Crippen molar-refractivity contribution in [3.8, 4) is 12.0 Å². The normalized spacial score (nSPS) is 12.0. The van der Waals surface area contributed by atoms with Gasteiger partial charge in [-0.15, -0.1) is 4.98 Å². The number of ether oxygens (including phenoxy) is 2. The van der Waals surface area contributed by atoms with Crippen molar-refractivity contribution in [3.63, 3.8) is 0 Å². The molecule has 0 fully saturated rings. The Labute approximate surface area is 123 Å². The van der Waals surface area contributed by atoms with Gasteiger partial charge in [-0.05, 0) is 22.0 Å². The van der Waals surface area contributed by atoms with Crippen molar-refractivity contribution in [1.29, 1.82) is 0 Å².